The number of piperidine rings is 1. The van der Waals surface area contributed by atoms with E-state index in [4.69, 9.17) is 5.84 Å². The maximum Gasteiger partial charge on any atom is 0.0417 e. The summed E-state index contributed by atoms with van der Waals surface area (Å²) in [6.07, 6.45) is 6.46. The average Bonchev–Trinajstić information content (AvgIpc) is 2.36. The topological polar surface area (TPSA) is 41.3 Å². The van der Waals surface area contributed by atoms with E-state index in [9.17, 15) is 0 Å². The molecule has 0 aliphatic carbocycles. The van der Waals surface area contributed by atoms with Crippen LogP contribution in [0.25, 0.3) is 0 Å². The molecule has 1 aliphatic heterocycles. The summed E-state index contributed by atoms with van der Waals surface area (Å²) in [4.78, 5) is 2.62. The second-order valence-electron chi connectivity index (χ2n) is 5.92. The minimum atomic E-state index is 0.159. The van der Waals surface area contributed by atoms with E-state index in [2.05, 4.69) is 38.0 Å². The average molecular weight is 241 g/mol. The highest BCUT2D eigenvalue weighted by atomic mass is 15.3. The summed E-state index contributed by atoms with van der Waals surface area (Å²) >= 11 is 0. The molecule has 3 N–H and O–H groups in total. The highest BCUT2D eigenvalue weighted by Crippen LogP contribution is 2.29. The van der Waals surface area contributed by atoms with Crippen LogP contribution >= 0.6 is 0 Å². The third kappa shape index (κ3) is 3.43. The van der Waals surface area contributed by atoms with E-state index in [0.29, 0.717) is 12.0 Å². The Morgan fingerprint density at radius 1 is 1.12 bits per heavy atom. The number of hydrazine groups is 1. The molecule has 3 nitrogen and oxygen atoms in total. The van der Waals surface area contributed by atoms with Crippen molar-refractivity contribution in [2.45, 2.75) is 71.4 Å². The van der Waals surface area contributed by atoms with Gasteiger partial charge < -0.3 is 0 Å². The molecule has 1 unspecified atom stereocenters. The Kier molecular flexibility index (Phi) is 5.90. The maximum atomic E-state index is 5.84. The minimum absolute atomic E-state index is 0.159. The molecular weight excluding hydrogens is 210 g/mol. The Morgan fingerprint density at radius 3 is 2.06 bits per heavy atom. The Morgan fingerprint density at radius 2 is 1.65 bits per heavy atom. The fourth-order valence-electron chi connectivity index (χ4n) is 3.34. The van der Waals surface area contributed by atoms with Gasteiger partial charge >= 0.3 is 0 Å². The number of likely N-dealkylation sites (tertiary alicyclic amines) is 1. The number of nitrogens with two attached hydrogens (primary N) is 1. The van der Waals surface area contributed by atoms with Gasteiger partial charge in [-0.2, -0.15) is 0 Å². The first-order valence-corrected chi connectivity index (χ1v) is 7.29. The lowest BCUT2D eigenvalue weighted by atomic mass is 9.80. The Bertz CT molecular complexity index is 206. The molecule has 0 saturated carbocycles. The van der Waals surface area contributed by atoms with Gasteiger partial charge in [0.05, 0.1) is 0 Å². The molecule has 1 saturated heterocycles. The standard InChI is InChI=1S/C14H31N3/c1-5-12(6-2)13(16-15)14(3,4)17-10-8-7-9-11-17/h12-13,16H,5-11,15H2,1-4H3. The van der Waals surface area contributed by atoms with Crippen molar-refractivity contribution < 1.29 is 0 Å². The van der Waals surface area contributed by atoms with Crippen molar-refractivity contribution in [3.8, 4) is 0 Å². The van der Waals surface area contributed by atoms with Crippen molar-refractivity contribution >= 4 is 0 Å². The normalized spacial score (nSPS) is 20.8. The van der Waals surface area contributed by atoms with Gasteiger partial charge in [-0.25, -0.2) is 0 Å². The summed E-state index contributed by atoms with van der Waals surface area (Å²) in [5.74, 6) is 6.50. The minimum Gasteiger partial charge on any atom is -0.297 e. The third-order valence-corrected chi connectivity index (χ3v) is 4.63. The van der Waals surface area contributed by atoms with E-state index >= 15 is 0 Å². The summed E-state index contributed by atoms with van der Waals surface area (Å²) in [5.41, 5.74) is 3.26. The SMILES string of the molecule is CCC(CC)C(NN)C(C)(C)N1CCCCC1. The van der Waals surface area contributed by atoms with Crippen LogP contribution < -0.4 is 11.3 Å². The Balaban J connectivity index is 2.75. The highest BCUT2D eigenvalue weighted by Gasteiger charge is 2.38. The third-order valence-electron chi connectivity index (χ3n) is 4.63. The molecule has 0 aromatic heterocycles. The van der Waals surface area contributed by atoms with E-state index in [1.807, 2.05) is 0 Å². The molecule has 0 radical (unpaired) electrons. The van der Waals surface area contributed by atoms with Gasteiger partial charge in [-0.3, -0.25) is 16.2 Å². The van der Waals surface area contributed by atoms with Gasteiger partial charge in [-0.1, -0.05) is 33.1 Å². The lowest BCUT2D eigenvalue weighted by Gasteiger charge is -2.48. The highest BCUT2D eigenvalue weighted by molar-refractivity contribution is 4.96. The molecule has 1 atom stereocenters. The van der Waals surface area contributed by atoms with Crippen molar-refractivity contribution in [1.82, 2.24) is 10.3 Å². The fraction of sp³-hybridized carbons (Fsp3) is 1.00. The van der Waals surface area contributed by atoms with Crippen LogP contribution in [-0.2, 0) is 0 Å². The molecule has 0 amide bonds. The van der Waals surface area contributed by atoms with Gasteiger partial charge in [0.25, 0.3) is 0 Å². The zero-order chi connectivity index (χ0) is 12.9. The summed E-state index contributed by atoms with van der Waals surface area (Å²) in [5, 5.41) is 0. The number of nitrogens with zero attached hydrogens (tertiary/aromatic N) is 1. The van der Waals surface area contributed by atoms with Crippen LogP contribution in [0.4, 0.5) is 0 Å². The van der Waals surface area contributed by atoms with Crippen LogP contribution in [0.5, 0.6) is 0 Å². The maximum absolute atomic E-state index is 5.84. The Hall–Kier alpha value is -0.120. The van der Waals surface area contributed by atoms with Gasteiger partial charge in [0.1, 0.15) is 0 Å². The summed E-state index contributed by atoms with van der Waals surface area (Å²) in [6, 6.07) is 0.385. The molecule has 3 heteroatoms. The quantitative estimate of drug-likeness (QED) is 0.554. The van der Waals surface area contributed by atoms with Gasteiger partial charge in [0.15, 0.2) is 0 Å². The molecule has 1 fully saturated rings. The predicted octanol–water partition coefficient (Wildman–Crippen LogP) is 2.52. The van der Waals surface area contributed by atoms with Crippen molar-refractivity contribution in [3.63, 3.8) is 0 Å². The van der Waals surface area contributed by atoms with Crippen molar-refractivity contribution in [1.29, 1.82) is 0 Å². The van der Waals surface area contributed by atoms with Crippen LogP contribution in [0.3, 0.4) is 0 Å². The molecule has 0 aromatic rings. The number of rotatable bonds is 6. The van der Waals surface area contributed by atoms with E-state index in [1.54, 1.807) is 0 Å². The van der Waals surface area contributed by atoms with E-state index in [1.165, 1.54) is 45.2 Å². The van der Waals surface area contributed by atoms with Gasteiger partial charge in [-0.15, -0.1) is 0 Å². The number of hydrogen-bond donors (Lipinski definition) is 2. The van der Waals surface area contributed by atoms with Crippen LogP contribution in [0, 0.1) is 5.92 Å². The van der Waals surface area contributed by atoms with Crippen LogP contribution in [0.15, 0.2) is 0 Å². The van der Waals surface area contributed by atoms with Crippen LogP contribution in [0.1, 0.15) is 59.8 Å². The molecule has 1 aliphatic rings. The van der Waals surface area contributed by atoms with Crippen molar-refractivity contribution in [2.24, 2.45) is 11.8 Å². The predicted molar refractivity (Wildman–Crippen MR) is 74.7 cm³/mol. The first kappa shape index (κ1) is 14.9. The molecule has 1 rings (SSSR count). The largest absolute Gasteiger partial charge is 0.297 e. The molecule has 0 spiro atoms. The van der Waals surface area contributed by atoms with Crippen molar-refractivity contribution in [3.05, 3.63) is 0 Å². The van der Waals surface area contributed by atoms with Crippen LogP contribution in [-0.4, -0.2) is 29.6 Å². The molecule has 0 aromatic carbocycles. The molecule has 1 heterocycles. The lowest BCUT2D eigenvalue weighted by Crippen LogP contribution is -2.63. The second kappa shape index (κ2) is 6.72. The monoisotopic (exact) mass is 241 g/mol. The van der Waals surface area contributed by atoms with Gasteiger partial charge in [0.2, 0.25) is 0 Å². The van der Waals surface area contributed by atoms with E-state index in [0.717, 1.165) is 0 Å². The number of hydrogen-bond acceptors (Lipinski definition) is 3. The van der Waals surface area contributed by atoms with Crippen molar-refractivity contribution in [2.75, 3.05) is 13.1 Å². The summed E-state index contributed by atoms with van der Waals surface area (Å²) in [7, 11) is 0. The smallest absolute Gasteiger partial charge is 0.0417 e. The first-order chi connectivity index (χ1) is 8.07. The first-order valence-electron chi connectivity index (χ1n) is 7.29. The number of nitrogens with one attached hydrogen (secondary N) is 1. The lowest BCUT2D eigenvalue weighted by molar-refractivity contribution is 0.0382. The summed E-state index contributed by atoms with van der Waals surface area (Å²) < 4.78 is 0. The molecule has 17 heavy (non-hydrogen) atoms. The zero-order valence-corrected chi connectivity index (χ0v) is 12.1. The van der Waals surface area contributed by atoms with E-state index < -0.39 is 0 Å². The second-order valence-corrected chi connectivity index (χ2v) is 5.92. The zero-order valence-electron chi connectivity index (χ0n) is 12.1. The molecular formula is C14H31N3. The van der Waals surface area contributed by atoms with Gasteiger partial charge in [0, 0.05) is 11.6 Å². The molecule has 0 bridgehead atoms. The van der Waals surface area contributed by atoms with Gasteiger partial charge in [-0.05, 0) is 45.7 Å². The van der Waals surface area contributed by atoms with Crippen LogP contribution in [0.2, 0.25) is 0 Å². The van der Waals surface area contributed by atoms with E-state index in [-0.39, 0.29) is 5.54 Å². The Labute approximate surface area is 107 Å². The fourth-order valence-corrected chi connectivity index (χ4v) is 3.34. The molecule has 102 valence electrons. The summed E-state index contributed by atoms with van der Waals surface area (Å²) in [6.45, 7) is 11.7.